The van der Waals surface area contributed by atoms with E-state index in [9.17, 15) is 4.79 Å². The van der Waals surface area contributed by atoms with Gasteiger partial charge in [-0.2, -0.15) is 0 Å². The van der Waals surface area contributed by atoms with Gasteiger partial charge in [0, 0.05) is 22.9 Å². The van der Waals surface area contributed by atoms with E-state index in [1.54, 1.807) is 23.1 Å². The number of nitrogens with zero attached hydrogens (tertiary/aromatic N) is 1. The number of nitrogen functional groups attached to an aromatic ring is 1. The minimum absolute atomic E-state index is 0.142. The van der Waals surface area contributed by atoms with Gasteiger partial charge in [0.15, 0.2) is 0 Å². The largest absolute Gasteiger partial charge is 0.398 e. The Labute approximate surface area is 124 Å². The fourth-order valence-electron chi connectivity index (χ4n) is 2.03. The van der Waals surface area contributed by atoms with E-state index in [1.807, 2.05) is 38.1 Å². The molecule has 104 valence electrons. The Morgan fingerprint density at radius 1 is 1.20 bits per heavy atom. The molecule has 0 aliphatic carbocycles. The van der Waals surface area contributed by atoms with Crippen LogP contribution in [0.1, 0.15) is 22.8 Å². The first-order valence-corrected chi connectivity index (χ1v) is 6.84. The van der Waals surface area contributed by atoms with Gasteiger partial charge in [0.2, 0.25) is 0 Å². The summed E-state index contributed by atoms with van der Waals surface area (Å²) in [6.45, 7) is 4.50. The number of rotatable bonds is 3. The van der Waals surface area contributed by atoms with Gasteiger partial charge in [-0.1, -0.05) is 29.3 Å². The second-order valence-electron chi connectivity index (χ2n) is 4.62. The predicted octanol–water partition coefficient (Wildman–Crippen LogP) is 3.90. The van der Waals surface area contributed by atoms with Gasteiger partial charge >= 0.3 is 0 Å². The quantitative estimate of drug-likeness (QED) is 0.871. The molecule has 0 fully saturated rings. The Hall–Kier alpha value is -2.00. The van der Waals surface area contributed by atoms with Crippen molar-refractivity contribution in [2.24, 2.45) is 0 Å². The van der Waals surface area contributed by atoms with Gasteiger partial charge in [-0.3, -0.25) is 4.79 Å². The Morgan fingerprint density at radius 2 is 1.85 bits per heavy atom. The van der Waals surface area contributed by atoms with E-state index in [0.717, 1.165) is 11.3 Å². The molecule has 0 radical (unpaired) electrons. The highest BCUT2D eigenvalue weighted by Crippen LogP contribution is 2.23. The number of benzene rings is 2. The van der Waals surface area contributed by atoms with E-state index in [2.05, 4.69) is 0 Å². The molecule has 0 saturated heterocycles. The van der Waals surface area contributed by atoms with Crippen LogP contribution < -0.4 is 10.6 Å². The molecule has 2 aromatic rings. The number of anilines is 2. The molecule has 0 aliphatic heterocycles. The molecule has 0 aromatic heterocycles. The molecule has 0 atom stereocenters. The van der Waals surface area contributed by atoms with Crippen LogP contribution in [0.4, 0.5) is 11.4 Å². The Kier molecular flexibility index (Phi) is 4.30. The van der Waals surface area contributed by atoms with Crippen molar-refractivity contribution in [2.45, 2.75) is 13.8 Å². The Morgan fingerprint density at radius 3 is 2.45 bits per heavy atom. The molecule has 0 spiro atoms. The highest BCUT2D eigenvalue weighted by molar-refractivity contribution is 6.31. The molecule has 2 aromatic carbocycles. The molecule has 1 amide bonds. The van der Waals surface area contributed by atoms with Crippen LogP contribution in [0.2, 0.25) is 5.02 Å². The zero-order valence-corrected chi connectivity index (χ0v) is 12.3. The summed E-state index contributed by atoms with van der Waals surface area (Å²) in [6.07, 6.45) is 0. The number of nitrogens with two attached hydrogens (primary N) is 1. The summed E-state index contributed by atoms with van der Waals surface area (Å²) in [5, 5.41) is 0.502. The van der Waals surface area contributed by atoms with E-state index in [1.165, 1.54) is 0 Å². The lowest BCUT2D eigenvalue weighted by Gasteiger charge is -2.22. The molecule has 2 N–H and O–H groups in total. The Bertz CT molecular complexity index is 623. The molecule has 0 unspecified atom stereocenters. The van der Waals surface area contributed by atoms with Crippen molar-refractivity contribution in [3.05, 3.63) is 58.6 Å². The van der Waals surface area contributed by atoms with Crippen molar-refractivity contribution in [3.63, 3.8) is 0 Å². The lowest BCUT2D eigenvalue weighted by molar-refractivity contribution is 0.0989. The van der Waals surface area contributed by atoms with E-state index in [-0.39, 0.29) is 5.91 Å². The van der Waals surface area contributed by atoms with Crippen LogP contribution in [0.25, 0.3) is 0 Å². The molecular weight excluding hydrogens is 272 g/mol. The molecule has 0 heterocycles. The molecule has 2 rings (SSSR count). The maximum atomic E-state index is 12.6. The van der Waals surface area contributed by atoms with E-state index < -0.39 is 0 Å². The predicted molar refractivity (Wildman–Crippen MR) is 84.4 cm³/mol. The van der Waals surface area contributed by atoms with Gasteiger partial charge < -0.3 is 10.6 Å². The van der Waals surface area contributed by atoms with E-state index >= 15 is 0 Å². The number of halogens is 1. The van der Waals surface area contributed by atoms with Crippen molar-refractivity contribution in [2.75, 3.05) is 17.2 Å². The van der Waals surface area contributed by atoms with Crippen LogP contribution in [0.15, 0.2) is 42.5 Å². The minimum atomic E-state index is -0.142. The standard InChI is InChI=1S/C16H17ClN2O/c1-3-19(13-7-4-11(2)5-8-13)16(20)14-10-12(17)6-9-15(14)18/h4-10H,3,18H2,1-2H3. The number of hydrogen-bond donors (Lipinski definition) is 1. The third-order valence-corrected chi connectivity index (χ3v) is 3.39. The summed E-state index contributed by atoms with van der Waals surface area (Å²) in [7, 11) is 0. The Balaban J connectivity index is 2.38. The topological polar surface area (TPSA) is 46.3 Å². The van der Waals surface area contributed by atoms with Gasteiger partial charge in [0.25, 0.3) is 5.91 Å². The second kappa shape index (κ2) is 5.97. The van der Waals surface area contributed by atoms with Crippen molar-refractivity contribution in [3.8, 4) is 0 Å². The third kappa shape index (κ3) is 2.94. The van der Waals surface area contributed by atoms with Crippen LogP contribution in [0, 0.1) is 6.92 Å². The molecule has 4 heteroatoms. The number of carbonyl (C=O) groups excluding carboxylic acids is 1. The van der Waals surface area contributed by atoms with E-state index in [4.69, 9.17) is 17.3 Å². The fraction of sp³-hybridized carbons (Fsp3) is 0.188. The summed E-state index contributed by atoms with van der Waals surface area (Å²) in [6, 6.07) is 12.7. The smallest absolute Gasteiger partial charge is 0.260 e. The zero-order chi connectivity index (χ0) is 14.7. The normalized spacial score (nSPS) is 10.3. The zero-order valence-electron chi connectivity index (χ0n) is 11.6. The van der Waals surface area contributed by atoms with Crippen molar-refractivity contribution in [1.82, 2.24) is 0 Å². The van der Waals surface area contributed by atoms with Gasteiger partial charge in [-0.05, 0) is 44.2 Å². The van der Waals surface area contributed by atoms with Gasteiger partial charge in [0.1, 0.15) is 0 Å². The highest BCUT2D eigenvalue weighted by Gasteiger charge is 2.18. The first kappa shape index (κ1) is 14.4. The number of amides is 1. The van der Waals surface area contributed by atoms with Gasteiger partial charge in [0.05, 0.1) is 5.56 Å². The van der Waals surface area contributed by atoms with Crippen molar-refractivity contribution >= 4 is 28.9 Å². The lowest BCUT2D eigenvalue weighted by Crippen LogP contribution is -2.31. The average Bonchev–Trinajstić information content (AvgIpc) is 2.44. The molecule has 0 saturated carbocycles. The van der Waals surface area contributed by atoms with Crippen LogP contribution >= 0.6 is 11.6 Å². The van der Waals surface area contributed by atoms with Crippen molar-refractivity contribution < 1.29 is 4.79 Å². The van der Waals surface area contributed by atoms with Crippen molar-refractivity contribution in [1.29, 1.82) is 0 Å². The van der Waals surface area contributed by atoms with Crippen LogP contribution in [-0.4, -0.2) is 12.5 Å². The molecule has 3 nitrogen and oxygen atoms in total. The fourth-order valence-corrected chi connectivity index (χ4v) is 2.20. The first-order valence-electron chi connectivity index (χ1n) is 6.46. The highest BCUT2D eigenvalue weighted by atomic mass is 35.5. The van der Waals surface area contributed by atoms with Gasteiger partial charge in [-0.15, -0.1) is 0 Å². The lowest BCUT2D eigenvalue weighted by atomic mass is 10.1. The molecule has 0 bridgehead atoms. The summed E-state index contributed by atoms with van der Waals surface area (Å²) >= 11 is 5.95. The maximum Gasteiger partial charge on any atom is 0.260 e. The van der Waals surface area contributed by atoms with Crippen LogP contribution in [-0.2, 0) is 0 Å². The third-order valence-electron chi connectivity index (χ3n) is 3.15. The number of hydrogen-bond acceptors (Lipinski definition) is 2. The summed E-state index contributed by atoms with van der Waals surface area (Å²) in [4.78, 5) is 14.3. The molecular formula is C16H17ClN2O. The SMILES string of the molecule is CCN(C(=O)c1cc(Cl)ccc1N)c1ccc(C)cc1. The minimum Gasteiger partial charge on any atom is -0.398 e. The van der Waals surface area contributed by atoms with Crippen LogP contribution in [0.5, 0.6) is 0 Å². The summed E-state index contributed by atoms with van der Waals surface area (Å²) in [5.74, 6) is -0.142. The first-order chi connectivity index (χ1) is 9.52. The number of carbonyl (C=O) groups is 1. The monoisotopic (exact) mass is 288 g/mol. The van der Waals surface area contributed by atoms with E-state index in [0.29, 0.717) is 22.8 Å². The number of aryl methyl sites for hydroxylation is 1. The molecule has 0 aliphatic rings. The average molecular weight is 289 g/mol. The van der Waals surface area contributed by atoms with Crippen LogP contribution in [0.3, 0.4) is 0 Å². The molecule has 20 heavy (non-hydrogen) atoms. The second-order valence-corrected chi connectivity index (χ2v) is 5.05. The summed E-state index contributed by atoms with van der Waals surface area (Å²) in [5.41, 5.74) is 8.75. The van der Waals surface area contributed by atoms with Gasteiger partial charge in [-0.25, -0.2) is 0 Å². The summed E-state index contributed by atoms with van der Waals surface area (Å²) < 4.78 is 0. The maximum absolute atomic E-state index is 12.6.